The normalized spacial score (nSPS) is 11.4. The van der Waals surface area contributed by atoms with Crippen LogP contribution < -0.4 is 9.88 Å². The van der Waals surface area contributed by atoms with E-state index in [1.54, 1.807) is 0 Å². The number of hydrogen-bond donors (Lipinski definition) is 1. The lowest BCUT2D eigenvalue weighted by molar-refractivity contribution is 0.0484. The van der Waals surface area contributed by atoms with Crippen molar-refractivity contribution in [3.8, 4) is 5.75 Å². The Labute approximate surface area is 118 Å². The predicted octanol–water partition coefficient (Wildman–Crippen LogP) is 1.55. The number of rotatable bonds is 6. The second-order valence-electron chi connectivity index (χ2n) is 4.73. The Bertz CT molecular complexity index is 580. The van der Waals surface area contributed by atoms with E-state index in [1.165, 1.54) is 19.2 Å². The predicted molar refractivity (Wildman–Crippen MR) is 74.1 cm³/mol. The van der Waals surface area contributed by atoms with Crippen LogP contribution in [0, 0.1) is 5.92 Å². The lowest BCUT2D eigenvalue weighted by Crippen LogP contribution is -2.15. The molecule has 0 aliphatic carbocycles. The van der Waals surface area contributed by atoms with Crippen LogP contribution in [0.2, 0.25) is 0 Å². The molecule has 0 aliphatic heterocycles. The van der Waals surface area contributed by atoms with Crippen LogP contribution >= 0.6 is 0 Å². The number of ether oxygens (including phenoxy) is 2. The maximum absolute atomic E-state index is 11.9. The maximum Gasteiger partial charge on any atom is 0.341 e. The van der Waals surface area contributed by atoms with Crippen molar-refractivity contribution in [3.63, 3.8) is 0 Å². The lowest BCUT2D eigenvalue weighted by Gasteiger charge is -2.11. The van der Waals surface area contributed by atoms with Crippen LogP contribution in [0.15, 0.2) is 23.1 Å². The fourth-order valence-corrected chi connectivity index (χ4v) is 2.03. The summed E-state index contributed by atoms with van der Waals surface area (Å²) < 4.78 is 32.7. The molecule has 0 amide bonds. The van der Waals surface area contributed by atoms with Crippen molar-refractivity contribution in [2.45, 2.75) is 25.2 Å². The zero-order valence-electron chi connectivity index (χ0n) is 11.8. The SMILES string of the molecule is COc1ccc(S(N)(=O)=O)cc1C(=O)OCCC(C)C. The van der Waals surface area contributed by atoms with Gasteiger partial charge in [0.05, 0.1) is 18.6 Å². The van der Waals surface area contributed by atoms with Crippen LogP contribution in [0.25, 0.3) is 0 Å². The van der Waals surface area contributed by atoms with Gasteiger partial charge in [-0.1, -0.05) is 13.8 Å². The summed E-state index contributed by atoms with van der Waals surface area (Å²) in [7, 11) is -2.50. The van der Waals surface area contributed by atoms with Gasteiger partial charge in [0.1, 0.15) is 11.3 Å². The summed E-state index contributed by atoms with van der Waals surface area (Å²) in [6, 6.07) is 3.81. The van der Waals surface area contributed by atoms with E-state index in [9.17, 15) is 13.2 Å². The van der Waals surface area contributed by atoms with Gasteiger partial charge in [0.2, 0.25) is 10.0 Å². The Morgan fingerprint density at radius 3 is 2.50 bits per heavy atom. The molecular formula is C13H19NO5S. The molecule has 0 aromatic heterocycles. The third-order valence-corrected chi connectivity index (χ3v) is 3.56. The van der Waals surface area contributed by atoms with E-state index in [0.717, 1.165) is 12.5 Å². The van der Waals surface area contributed by atoms with Gasteiger partial charge < -0.3 is 9.47 Å². The fraction of sp³-hybridized carbons (Fsp3) is 0.462. The number of methoxy groups -OCH3 is 1. The van der Waals surface area contributed by atoms with E-state index in [2.05, 4.69) is 0 Å². The van der Waals surface area contributed by atoms with Crippen molar-refractivity contribution in [1.29, 1.82) is 0 Å². The summed E-state index contributed by atoms with van der Waals surface area (Å²) in [6.45, 7) is 4.28. The maximum atomic E-state index is 11.9. The first-order valence-electron chi connectivity index (χ1n) is 6.13. The summed E-state index contributed by atoms with van der Waals surface area (Å²) in [4.78, 5) is 11.8. The molecule has 112 valence electrons. The Hall–Kier alpha value is -1.60. The molecule has 0 saturated carbocycles. The smallest absolute Gasteiger partial charge is 0.341 e. The molecule has 0 unspecified atom stereocenters. The van der Waals surface area contributed by atoms with Gasteiger partial charge in [0, 0.05) is 0 Å². The number of nitrogens with two attached hydrogens (primary N) is 1. The number of benzene rings is 1. The van der Waals surface area contributed by atoms with Crippen molar-refractivity contribution in [1.82, 2.24) is 0 Å². The molecular weight excluding hydrogens is 282 g/mol. The van der Waals surface area contributed by atoms with Gasteiger partial charge in [-0.2, -0.15) is 0 Å². The number of hydrogen-bond acceptors (Lipinski definition) is 5. The second kappa shape index (κ2) is 6.71. The van der Waals surface area contributed by atoms with Gasteiger partial charge in [-0.3, -0.25) is 0 Å². The molecule has 1 aromatic carbocycles. The first-order valence-corrected chi connectivity index (χ1v) is 7.68. The van der Waals surface area contributed by atoms with Gasteiger partial charge in [0.25, 0.3) is 0 Å². The largest absolute Gasteiger partial charge is 0.496 e. The zero-order chi connectivity index (χ0) is 15.3. The monoisotopic (exact) mass is 301 g/mol. The number of carbonyl (C=O) groups excluding carboxylic acids is 1. The van der Waals surface area contributed by atoms with E-state index in [0.29, 0.717) is 5.92 Å². The summed E-state index contributed by atoms with van der Waals surface area (Å²) >= 11 is 0. The molecule has 0 radical (unpaired) electrons. The minimum atomic E-state index is -3.88. The van der Waals surface area contributed by atoms with E-state index in [4.69, 9.17) is 14.6 Å². The highest BCUT2D eigenvalue weighted by Crippen LogP contribution is 2.23. The van der Waals surface area contributed by atoms with E-state index in [-0.39, 0.29) is 22.8 Å². The molecule has 0 fully saturated rings. The van der Waals surface area contributed by atoms with Gasteiger partial charge in [0.15, 0.2) is 0 Å². The Balaban J connectivity index is 2.99. The summed E-state index contributed by atoms with van der Waals surface area (Å²) in [5.41, 5.74) is 0.0442. The van der Waals surface area contributed by atoms with Crippen molar-refractivity contribution in [2.75, 3.05) is 13.7 Å². The van der Waals surface area contributed by atoms with Crippen LogP contribution in [-0.4, -0.2) is 28.1 Å². The van der Waals surface area contributed by atoms with Crippen LogP contribution in [0.4, 0.5) is 0 Å². The zero-order valence-corrected chi connectivity index (χ0v) is 12.6. The quantitative estimate of drug-likeness (QED) is 0.804. The molecule has 0 bridgehead atoms. The van der Waals surface area contributed by atoms with E-state index < -0.39 is 16.0 Å². The lowest BCUT2D eigenvalue weighted by atomic mass is 10.1. The highest BCUT2D eigenvalue weighted by atomic mass is 32.2. The van der Waals surface area contributed by atoms with E-state index in [1.807, 2.05) is 13.8 Å². The first-order chi connectivity index (χ1) is 9.25. The van der Waals surface area contributed by atoms with Gasteiger partial charge in [-0.05, 0) is 30.5 Å². The van der Waals surface area contributed by atoms with Gasteiger partial charge in [-0.15, -0.1) is 0 Å². The summed E-state index contributed by atoms with van der Waals surface area (Å²) in [5, 5.41) is 5.04. The average molecular weight is 301 g/mol. The standard InChI is InChI=1S/C13H19NO5S/c1-9(2)6-7-19-13(15)11-8-10(20(14,16)17)4-5-12(11)18-3/h4-5,8-9H,6-7H2,1-3H3,(H2,14,16,17). The first kappa shape index (κ1) is 16.5. The summed E-state index contributed by atoms with van der Waals surface area (Å²) in [5.74, 6) is 0.0143. The van der Waals surface area contributed by atoms with Crippen molar-refractivity contribution in [2.24, 2.45) is 11.1 Å². The molecule has 1 aromatic rings. The summed E-state index contributed by atoms with van der Waals surface area (Å²) in [6.07, 6.45) is 0.725. The molecule has 20 heavy (non-hydrogen) atoms. The number of primary sulfonamides is 1. The molecule has 1 rings (SSSR count). The molecule has 0 atom stereocenters. The molecule has 2 N–H and O–H groups in total. The van der Waals surface area contributed by atoms with Crippen LogP contribution in [0.5, 0.6) is 5.75 Å². The third-order valence-electron chi connectivity index (χ3n) is 2.65. The fourth-order valence-electron chi connectivity index (χ4n) is 1.49. The molecule has 6 nitrogen and oxygen atoms in total. The van der Waals surface area contributed by atoms with Gasteiger partial charge in [-0.25, -0.2) is 18.4 Å². The Kier molecular flexibility index (Phi) is 5.52. The highest BCUT2D eigenvalue weighted by Gasteiger charge is 2.18. The number of sulfonamides is 1. The molecule has 0 aliphatic rings. The minimum absolute atomic E-state index is 0.0442. The van der Waals surface area contributed by atoms with Crippen molar-refractivity contribution in [3.05, 3.63) is 23.8 Å². The van der Waals surface area contributed by atoms with Crippen molar-refractivity contribution >= 4 is 16.0 Å². The van der Waals surface area contributed by atoms with E-state index >= 15 is 0 Å². The van der Waals surface area contributed by atoms with Crippen LogP contribution in [0.3, 0.4) is 0 Å². The Morgan fingerprint density at radius 1 is 1.35 bits per heavy atom. The van der Waals surface area contributed by atoms with Crippen molar-refractivity contribution < 1.29 is 22.7 Å². The highest BCUT2D eigenvalue weighted by molar-refractivity contribution is 7.89. The molecule has 7 heteroatoms. The number of esters is 1. The average Bonchev–Trinajstić information content (AvgIpc) is 2.36. The van der Waals surface area contributed by atoms with Gasteiger partial charge >= 0.3 is 5.97 Å². The van der Waals surface area contributed by atoms with Crippen LogP contribution in [0.1, 0.15) is 30.6 Å². The minimum Gasteiger partial charge on any atom is -0.496 e. The Morgan fingerprint density at radius 2 is 2.00 bits per heavy atom. The molecule has 0 saturated heterocycles. The second-order valence-corrected chi connectivity index (χ2v) is 6.29. The molecule has 0 spiro atoms. The topological polar surface area (TPSA) is 95.7 Å². The third kappa shape index (κ3) is 4.50. The van der Waals surface area contributed by atoms with Crippen LogP contribution in [-0.2, 0) is 14.8 Å². The number of carbonyl (C=O) groups is 1. The molecule has 0 heterocycles.